The van der Waals surface area contributed by atoms with E-state index < -0.39 is 11.2 Å². The lowest BCUT2D eigenvalue weighted by Crippen LogP contribution is -2.41. The van der Waals surface area contributed by atoms with Crippen LogP contribution >= 0.6 is 0 Å². The van der Waals surface area contributed by atoms with E-state index in [1.165, 1.54) is 17.9 Å². The summed E-state index contributed by atoms with van der Waals surface area (Å²) in [4.78, 5) is 43.2. The van der Waals surface area contributed by atoms with Crippen molar-refractivity contribution in [1.29, 1.82) is 0 Å². The van der Waals surface area contributed by atoms with Gasteiger partial charge in [-0.2, -0.15) is 0 Å². The summed E-state index contributed by atoms with van der Waals surface area (Å²) in [5.41, 5.74) is -0.261. The molecule has 0 aliphatic heterocycles. The Labute approximate surface area is 139 Å². The third-order valence-electron chi connectivity index (χ3n) is 4.95. The molecule has 1 amide bonds. The number of rotatable bonds is 4. The molecule has 0 spiro atoms. The molecule has 2 aromatic heterocycles. The predicted octanol–water partition coefficient (Wildman–Crippen LogP) is 0.225. The van der Waals surface area contributed by atoms with Crippen LogP contribution < -0.4 is 11.2 Å². The summed E-state index contributed by atoms with van der Waals surface area (Å²) in [5.74, 6) is -0.0143. The first-order valence-corrected chi connectivity index (χ1v) is 8.36. The standard InChI is InChI=1S/C16H23N5O3/c1-4-21(11-7-5-6-8-11)12(22)9-20-10-17-14-13(20)15(23)19(3)16(24)18(14)2/h10-11H,4-9H2,1-3H3. The number of hydrogen-bond donors (Lipinski definition) is 0. The molecule has 8 nitrogen and oxygen atoms in total. The van der Waals surface area contributed by atoms with Crippen molar-refractivity contribution < 1.29 is 4.79 Å². The van der Waals surface area contributed by atoms with Crippen LogP contribution in [-0.2, 0) is 25.4 Å². The lowest BCUT2D eigenvalue weighted by Gasteiger charge is -2.27. The SMILES string of the molecule is CCN(C(=O)Cn1cnc2c1c(=O)n(C)c(=O)n2C)C1CCCC1. The smallest absolute Gasteiger partial charge is 0.332 e. The normalized spacial score (nSPS) is 15.3. The van der Waals surface area contributed by atoms with Crippen molar-refractivity contribution in [3.8, 4) is 0 Å². The first kappa shape index (κ1) is 16.5. The maximum absolute atomic E-state index is 12.7. The van der Waals surface area contributed by atoms with E-state index in [1.54, 1.807) is 11.6 Å². The van der Waals surface area contributed by atoms with Gasteiger partial charge in [-0.05, 0) is 19.8 Å². The Morgan fingerprint density at radius 1 is 1.25 bits per heavy atom. The molecule has 0 N–H and O–H groups in total. The Morgan fingerprint density at radius 2 is 1.92 bits per heavy atom. The Kier molecular flexibility index (Phi) is 4.29. The Bertz CT molecular complexity index is 885. The summed E-state index contributed by atoms with van der Waals surface area (Å²) in [7, 11) is 3.00. The van der Waals surface area contributed by atoms with Gasteiger partial charge in [0.25, 0.3) is 5.56 Å². The zero-order chi connectivity index (χ0) is 17.4. The number of nitrogens with zero attached hydrogens (tertiary/aromatic N) is 5. The minimum absolute atomic E-state index is 0.0143. The summed E-state index contributed by atoms with van der Waals surface area (Å²) in [6.07, 6.45) is 5.86. The molecule has 1 aliphatic rings. The molecule has 8 heteroatoms. The molecule has 0 atom stereocenters. The molecule has 0 aromatic carbocycles. The van der Waals surface area contributed by atoms with Gasteiger partial charge in [-0.25, -0.2) is 9.78 Å². The second-order valence-corrected chi connectivity index (χ2v) is 6.37. The number of imidazole rings is 1. The lowest BCUT2D eigenvalue weighted by molar-refractivity contribution is -0.133. The molecule has 130 valence electrons. The van der Waals surface area contributed by atoms with Gasteiger partial charge >= 0.3 is 5.69 Å². The van der Waals surface area contributed by atoms with Crippen LogP contribution in [0, 0.1) is 0 Å². The van der Waals surface area contributed by atoms with Crippen LogP contribution in [0.15, 0.2) is 15.9 Å². The van der Waals surface area contributed by atoms with Crippen molar-refractivity contribution in [3.63, 3.8) is 0 Å². The molecule has 2 aromatic rings. The highest BCUT2D eigenvalue weighted by Gasteiger charge is 2.26. The number of fused-ring (bicyclic) bond motifs is 1. The van der Waals surface area contributed by atoms with E-state index in [1.807, 2.05) is 11.8 Å². The summed E-state index contributed by atoms with van der Waals surface area (Å²) in [6, 6.07) is 0.296. The largest absolute Gasteiger partial charge is 0.338 e. The summed E-state index contributed by atoms with van der Waals surface area (Å²) < 4.78 is 3.92. The van der Waals surface area contributed by atoms with Gasteiger partial charge in [-0.15, -0.1) is 0 Å². The summed E-state index contributed by atoms with van der Waals surface area (Å²) in [5, 5.41) is 0. The number of likely N-dealkylation sites (N-methyl/N-ethyl adjacent to an activating group) is 1. The van der Waals surface area contributed by atoms with E-state index in [2.05, 4.69) is 4.98 Å². The van der Waals surface area contributed by atoms with Crippen molar-refractivity contribution in [3.05, 3.63) is 27.2 Å². The fraction of sp³-hybridized carbons (Fsp3) is 0.625. The van der Waals surface area contributed by atoms with Crippen LogP contribution in [-0.4, -0.2) is 42.1 Å². The maximum atomic E-state index is 12.7. The molecule has 24 heavy (non-hydrogen) atoms. The number of carbonyl (C=O) groups is 1. The molecule has 0 bridgehead atoms. The topological polar surface area (TPSA) is 82.1 Å². The third-order valence-corrected chi connectivity index (χ3v) is 4.95. The summed E-state index contributed by atoms with van der Waals surface area (Å²) in [6.45, 7) is 2.70. The van der Waals surface area contributed by atoms with Crippen molar-refractivity contribution in [2.45, 2.75) is 45.2 Å². The zero-order valence-corrected chi connectivity index (χ0v) is 14.4. The van der Waals surface area contributed by atoms with Crippen LogP contribution in [0.5, 0.6) is 0 Å². The van der Waals surface area contributed by atoms with Gasteiger partial charge in [0.05, 0.1) is 6.33 Å². The third kappa shape index (κ3) is 2.55. The molecular weight excluding hydrogens is 310 g/mol. The molecule has 1 fully saturated rings. The van der Waals surface area contributed by atoms with Gasteiger partial charge in [-0.1, -0.05) is 12.8 Å². The molecular formula is C16H23N5O3. The Hall–Kier alpha value is -2.38. The monoisotopic (exact) mass is 333 g/mol. The van der Waals surface area contributed by atoms with Crippen LogP contribution in [0.25, 0.3) is 11.2 Å². The molecule has 0 radical (unpaired) electrons. The number of aromatic nitrogens is 4. The van der Waals surface area contributed by atoms with E-state index >= 15 is 0 Å². The van der Waals surface area contributed by atoms with E-state index in [4.69, 9.17) is 0 Å². The minimum atomic E-state index is -0.428. The number of hydrogen-bond acceptors (Lipinski definition) is 4. The quantitative estimate of drug-likeness (QED) is 0.802. The fourth-order valence-corrected chi connectivity index (χ4v) is 3.61. The highest BCUT2D eigenvalue weighted by Crippen LogP contribution is 2.23. The van der Waals surface area contributed by atoms with Crippen molar-refractivity contribution in [1.82, 2.24) is 23.6 Å². The highest BCUT2D eigenvalue weighted by molar-refractivity contribution is 5.79. The first-order valence-electron chi connectivity index (χ1n) is 8.36. The lowest BCUT2D eigenvalue weighted by atomic mass is 10.2. The molecule has 0 saturated heterocycles. The van der Waals surface area contributed by atoms with Crippen LogP contribution in [0.4, 0.5) is 0 Å². The molecule has 3 rings (SSSR count). The average Bonchev–Trinajstić information content (AvgIpc) is 3.22. The van der Waals surface area contributed by atoms with Gasteiger partial charge in [0.15, 0.2) is 11.2 Å². The van der Waals surface area contributed by atoms with Gasteiger partial charge in [0.2, 0.25) is 5.91 Å². The number of aryl methyl sites for hydroxylation is 1. The second kappa shape index (κ2) is 6.26. The van der Waals surface area contributed by atoms with E-state index in [-0.39, 0.29) is 18.0 Å². The van der Waals surface area contributed by atoms with E-state index in [0.717, 1.165) is 30.3 Å². The number of carbonyl (C=O) groups excluding carboxylic acids is 1. The predicted molar refractivity (Wildman–Crippen MR) is 89.9 cm³/mol. The highest BCUT2D eigenvalue weighted by atomic mass is 16.2. The van der Waals surface area contributed by atoms with Gasteiger partial charge in [-0.3, -0.25) is 18.7 Å². The molecule has 1 saturated carbocycles. The van der Waals surface area contributed by atoms with Crippen LogP contribution in [0.3, 0.4) is 0 Å². The van der Waals surface area contributed by atoms with Crippen molar-refractivity contribution in [2.75, 3.05) is 6.54 Å². The molecule has 2 heterocycles. The molecule has 1 aliphatic carbocycles. The van der Waals surface area contributed by atoms with Crippen LogP contribution in [0.1, 0.15) is 32.6 Å². The van der Waals surface area contributed by atoms with Crippen LogP contribution in [0.2, 0.25) is 0 Å². The minimum Gasteiger partial charge on any atom is -0.338 e. The fourth-order valence-electron chi connectivity index (χ4n) is 3.61. The van der Waals surface area contributed by atoms with E-state index in [0.29, 0.717) is 18.2 Å². The van der Waals surface area contributed by atoms with Gasteiger partial charge in [0, 0.05) is 26.7 Å². The number of amides is 1. The Balaban J connectivity index is 1.97. The average molecular weight is 333 g/mol. The zero-order valence-electron chi connectivity index (χ0n) is 14.4. The van der Waals surface area contributed by atoms with Crippen molar-refractivity contribution in [2.24, 2.45) is 14.1 Å². The Morgan fingerprint density at radius 3 is 2.54 bits per heavy atom. The maximum Gasteiger partial charge on any atom is 0.332 e. The summed E-state index contributed by atoms with van der Waals surface area (Å²) >= 11 is 0. The first-order chi connectivity index (χ1) is 11.5. The van der Waals surface area contributed by atoms with Gasteiger partial charge in [0.1, 0.15) is 6.54 Å². The van der Waals surface area contributed by atoms with Crippen molar-refractivity contribution >= 4 is 17.1 Å². The second-order valence-electron chi connectivity index (χ2n) is 6.37. The van der Waals surface area contributed by atoms with Gasteiger partial charge < -0.3 is 9.47 Å². The van der Waals surface area contributed by atoms with E-state index in [9.17, 15) is 14.4 Å². The molecule has 0 unspecified atom stereocenters.